The Morgan fingerprint density at radius 2 is 1.72 bits per heavy atom. The van der Waals surface area contributed by atoms with E-state index in [1.54, 1.807) is 6.20 Å². The molecule has 0 spiro atoms. The van der Waals surface area contributed by atoms with Crippen molar-refractivity contribution >= 4 is 27.5 Å². The molecule has 0 atom stereocenters. The van der Waals surface area contributed by atoms with Gasteiger partial charge in [-0.25, -0.2) is 0 Å². The van der Waals surface area contributed by atoms with Crippen LogP contribution in [-0.4, -0.2) is 21.6 Å². The molecule has 1 heterocycles. The van der Waals surface area contributed by atoms with Crippen LogP contribution in [0.25, 0.3) is 22.0 Å². The van der Waals surface area contributed by atoms with Gasteiger partial charge in [0.15, 0.2) is 0 Å². The molecule has 0 aliphatic rings. The van der Waals surface area contributed by atoms with Gasteiger partial charge in [0.05, 0.1) is 0 Å². The van der Waals surface area contributed by atoms with Crippen LogP contribution in [-0.2, 0) is 0 Å². The third kappa shape index (κ3) is 1.88. The molecule has 18 heavy (non-hydrogen) atoms. The van der Waals surface area contributed by atoms with Crippen molar-refractivity contribution < 1.29 is 3.79 Å². The SMILES string of the molecule is [AlH][O]c1ccc(-c2ccccc2)c2cccnc12. The Hall–Kier alpha value is -1.82. The van der Waals surface area contributed by atoms with Gasteiger partial charge in [0, 0.05) is 11.6 Å². The summed E-state index contributed by atoms with van der Waals surface area (Å²) in [7, 11) is 0. The summed E-state index contributed by atoms with van der Waals surface area (Å²) >= 11 is 1.47. The van der Waals surface area contributed by atoms with E-state index in [1.807, 2.05) is 30.3 Å². The number of nitrogens with zero attached hydrogens (tertiary/aromatic N) is 1. The van der Waals surface area contributed by atoms with Crippen LogP contribution < -0.4 is 3.79 Å². The standard InChI is InChI=1S/C15H11NO.Al.H/c17-14-9-8-12(11-5-2-1-3-6-11)13-7-4-10-16-15(13)14;;/h1-10,17H;;/q;+1;/p-1. The highest BCUT2D eigenvalue weighted by molar-refractivity contribution is 6.04. The third-order valence-corrected chi connectivity index (χ3v) is 3.28. The summed E-state index contributed by atoms with van der Waals surface area (Å²) in [5.41, 5.74) is 3.29. The lowest BCUT2D eigenvalue weighted by Gasteiger charge is -2.10. The number of benzene rings is 2. The number of pyridine rings is 1. The Bertz CT molecular complexity index is 682. The monoisotopic (exact) mass is 248 g/mol. The summed E-state index contributed by atoms with van der Waals surface area (Å²) in [5.74, 6) is 0.823. The lowest BCUT2D eigenvalue weighted by atomic mass is 10.0. The zero-order valence-electron chi connectivity index (χ0n) is 9.84. The molecule has 0 fully saturated rings. The molecule has 0 unspecified atom stereocenters. The maximum absolute atomic E-state index is 5.38. The molecule has 0 aliphatic heterocycles. The largest absolute Gasteiger partial charge is 0.649 e. The smallest absolute Gasteiger partial charge is 0.494 e. The molecule has 0 saturated carbocycles. The summed E-state index contributed by atoms with van der Waals surface area (Å²) in [6, 6.07) is 18.4. The second-order valence-electron chi connectivity index (χ2n) is 4.02. The second-order valence-corrected chi connectivity index (χ2v) is 4.31. The van der Waals surface area contributed by atoms with Crippen molar-refractivity contribution in [1.82, 2.24) is 4.98 Å². The predicted octanol–water partition coefficient (Wildman–Crippen LogP) is 3.10. The van der Waals surface area contributed by atoms with E-state index in [9.17, 15) is 0 Å². The highest BCUT2D eigenvalue weighted by atomic mass is 27.1. The lowest BCUT2D eigenvalue weighted by Crippen LogP contribution is -1.90. The van der Waals surface area contributed by atoms with Crippen LogP contribution in [0.15, 0.2) is 60.8 Å². The molecule has 0 aliphatic carbocycles. The minimum Gasteiger partial charge on any atom is -0.649 e. The van der Waals surface area contributed by atoms with E-state index in [1.165, 1.54) is 27.8 Å². The Kier molecular flexibility index (Phi) is 3.02. The number of fused-ring (bicyclic) bond motifs is 1. The molecule has 1 radical (unpaired) electrons. The lowest BCUT2D eigenvalue weighted by molar-refractivity contribution is 0.622. The first-order chi connectivity index (χ1) is 8.90. The number of hydrogen-bond donors (Lipinski definition) is 0. The van der Waals surface area contributed by atoms with Gasteiger partial charge in [0.25, 0.3) is 0 Å². The van der Waals surface area contributed by atoms with Crippen molar-refractivity contribution in [3.8, 4) is 16.9 Å². The van der Waals surface area contributed by atoms with Crippen molar-refractivity contribution in [2.75, 3.05) is 0 Å². The highest BCUT2D eigenvalue weighted by Crippen LogP contribution is 2.32. The minimum absolute atomic E-state index is 0.823. The molecule has 2 nitrogen and oxygen atoms in total. The maximum Gasteiger partial charge on any atom is 0.494 e. The van der Waals surface area contributed by atoms with Gasteiger partial charge in [0.1, 0.15) is 11.3 Å². The molecule has 0 saturated heterocycles. The summed E-state index contributed by atoms with van der Waals surface area (Å²) in [6.07, 6.45) is 1.79. The Balaban J connectivity index is 2.32. The normalized spacial score (nSPS) is 10.4. The fourth-order valence-electron chi connectivity index (χ4n) is 2.13. The topological polar surface area (TPSA) is 22.1 Å². The van der Waals surface area contributed by atoms with Crippen molar-refractivity contribution in [3.05, 3.63) is 60.8 Å². The summed E-state index contributed by atoms with van der Waals surface area (Å²) in [6.45, 7) is 0. The fourth-order valence-corrected chi connectivity index (χ4v) is 2.37. The molecule has 3 heteroatoms. The van der Waals surface area contributed by atoms with E-state index in [0.29, 0.717) is 0 Å². The van der Waals surface area contributed by atoms with Crippen molar-refractivity contribution in [2.24, 2.45) is 0 Å². The summed E-state index contributed by atoms with van der Waals surface area (Å²) in [4.78, 5) is 4.42. The van der Waals surface area contributed by atoms with Crippen molar-refractivity contribution in [2.45, 2.75) is 0 Å². The second kappa shape index (κ2) is 4.82. The van der Waals surface area contributed by atoms with Gasteiger partial charge in [-0.15, -0.1) is 0 Å². The van der Waals surface area contributed by atoms with Crippen LogP contribution in [0.1, 0.15) is 0 Å². The van der Waals surface area contributed by atoms with Crippen LogP contribution in [0.4, 0.5) is 0 Å². The van der Waals surface area contributed by atoms with Gasteiger partial charge in [0.2, 0.25) is 0 Å². The van der Waals surface area contributed by atoms with E-state index in [-0.39, 0.29) is 0 Å². The molecule has 0 N–H and O–H groups in total. The van der Waals surface area contributed by atoms with Crippen LogP contribution in [0.3, 0.4) is 0 Å². The first-order valence-corrected chi connectivity index (χ1v) is 6.33. The zero-order valence-corrected chi connectivity index (χ0v) is 11.3. The van der Waals surface area contributed by atoms with Crippen LogP contribution >= 0.6 is 0 Å². The molecule has 85 valence electrons. The van der Waals surface area contributed by atoms with E-state index in [4.69, 9.17) is 3.79 Å². The highest BCUT2D eigenvalue weighted by Gasteiger charge is 2.07. The number of aromatic nitrogens is 1. The quantitative estimate of drug-likeness (QED) is 0.650. The molecule has 3 rings (SSSR count). The van der Waals surface area contributed by atoms with Crippen LogP contribution in [0, 0.1) is 0 Å². The average Bonchev–Trinajstić information content (AvgIpc) is 2.47. The van der Waals surface area contributed by atoms with Gasteiger partial charge in [-0.3, -0.25) is 4.98 Å². The number of rotatable bonds is 2. The van der Waals surface area contributed by atoms with E-state index >= 15 is 0 Å². The summed E-state index contributed by atoms with van der Waals surface area (Å²) in [5, 5.41) is 1.12. The van der Waals surface area contributed by atoms with Crippen molar-refractivity contribution in [1.29, 1.82) is 0 Å². The van der Waals surface area contributed by atoms with Gasteiger partial charge < -0.3 is 3.79 Å². The average molecular weight is 248 g/mol. The predicted molar refractivity (Wildman–Crippen MR) is 75.0 cm³/mol. The van der Waals surface area contributed by atoms with Crippen LogP contribution in [0.5, 0.6) is 5.75 Å². The molecule has 1 aromatic heterocycles. The molecule has 0 amide bonds. The van der Waals surface area contributed by atoms with E-state index < -0.39 is 0 Å². The Morgan fingerprint density at radius 3 is 2.50 bits per heavy atom. The summed E-state index contributed by atoms with van der Waals surface area (Å²) < 4.78 is 5.38. The fraction of sp³-hybridized carbons (Fsp3) is 0. The van der Waals surface area contributed by atoms with E-state index in [0.717, 1.165) is 16.7 Å². The zero-order chi connectivity index (χ0) is 12.4. The Morgan fingerprint density at radius 1 is 0.889 bits per heavy atom. The first kappa shape index (κ1) is 11.3. The van der Waals surface area contributed by atoms with Crippen LogP contribution in [0.2, 0.25) is 0 Å². The van der Waals surface area contributed by atoms with Crippen molar-refractivity contribution in [3.63, 3.8) is 0 Å². The first-order valence-electron chi connectivity index (χ1n) is 5.75. The molecule has 3 aromatic rings. The number of hydrogen-bond acceptors (Lipinski definition) is 2. The molecule has 2 aromatic carbocycles. The minimum atomic E-state index is 0.823. The van der Waals surface area contributed by atoms with Gasteiger partial charge in [-0.1, -0.05) is 42.5 Å². The maximum atomic E-state index is 5.38. The Labute approximate surface area is 114 Å². The third-order valence-electron chi connectivity index (χ3n) is 2.97. The van der Waals surface area contributed by atoms with Gasteiger partial charge in [-0.2, -0.15) is 0 Å². The molecule has 0 bridgehead atoms. The molecular formula is C15H11AlNO. The molecular weight excluding hydrogens is 237 g/mol. The van der Waals surface area contributed by atoms with Gasteiger partial charge >= 0.3 is 16.6 Å². The van der Waals surface area contributed by atoms with E-state index in [2.05, 4.69) is 29.2 Å². The van der Waals surface area contributed by atoms with Gasteiger partial charge in [-0.05, 0) is 23.3 Å².